The molecule has 300 valence electrons. The van der Waals surface area contributed by atoms with Crippen LogP contribution in [0.4, 0.5) is 17.1 Å². The van der Waals surface area contributed by atoms with Crippen LogP contribution >= 0.6 is 0 Å². The number of hydrogen-bond donors (Lipinski definition) is 0. The van der Waals surface area contributed by atoms with Crippen LogP contribution in [0.2, 0.25) is 0 Å². The minimum absolute atomic E-state index is 0.327. The largest absolute Gasteiger partial charge is 0.310 e. The Labute approximate surface area is 371 Å². The van der Waals surface area contributed by atoms with Gasteiger partial charge in [0, 0.05) is 28.6 Å². The smallest absolute Gasteiger partial charge is 0.0546 e. The third-order valence-corrected chi connectivity index (χ3v) is 12.9. The third-order valence-electron chi connectivity index (χ3n) is 12.9. The minimum atomic E-state index is 0.327. The Morgan fingerprint density at radius 3 is 1.27 bits per heavy atom. The highest BCUT2D eigenvalue weighted by Gasteiger charge is 2.21. The van der Waals surface area contributed by atoms with Crippen molar-refractivity contribution in [3.05, 3.63) is 260 Å². The van der Waals surface area contributed by atoms with Crippen molar-refractivity contribution in [1.29, 1.82) is 0 Å². The average molecular weight is 806 g/mol. The zero-order valence-corrected chi connectivity index (χ0v) is 35.2. The number of anilines is 3. The van der Waals surface area contributed by atoms with Crippen molar-refractivity contribution in [1.82, 2.24) is 0 Å². The standard InChI is InChI=1S/C62H47N/c1-5-17-44(18-6-1)50-33-39-56(46-21-9-3-10-22-46)60(41-50)48-29-35-53(36-30-48)63(62-43-52-25-13-14-26-55(52)58-27-15-16-28-59(58)62)54-37-31-49(32-38-54)61-42-51(45-19-7-2-8-20-45)34-40-57(61)47-23-11-4-12-24-47/h1-21,23,25-43,46-47H,22,24H2. The van der Waals surface area contributed by atoms with E-state index in [0.717, 1.165) is 29.9 Å². The number of hydrogen-bond acceptors (Lipinski definition) is 1. The van der Waals surface area contributed by atoms with Crippen molar-refractivity contribution in [2.45, 2.75) is 24.7 Å². The molecule has 1 heteroatoms. The van der Waals surface area contributed by atoms with E-state index in [-0.39, 0.29) is 0 Å². The molecule has 0 heterocycles. The van der Waals surface area contributed by atoms with Gasteiger partial charge in [0.15, 0.2) is 0 Å². The van der Waals surface area contributed by atoms with Crippen molar-refractivity contribution in [2.75, 3.05) is 4.90 Å². The Morgan fingerprint density at radius 1 is 0.333 bits per heavy atom. The van der Waals surface area contributed by atoms with Crippen LogP contribution in [0.1, 0.15) is 35.8 Å². The van der Waals surface area contributed by atoms with E-state index in [1.54, 1.807) is 0 Å². The minimum Gasteiger partial charge on any atom is -0.310 e. The Hall–Kier alpha value is -7.74. The van der Waals surface area contributed by atoms with Crippen molar-refractivity contribution < 1.29 is 0 Å². The van der Waals surface area contributed by atoms with Gasteiger partial charge in [0.2, 0.25) is 0 Å². The van der Waals surface area contributed by atoms with Crippen LogP contribution in [-0.4, -0.2) is 0 Å². The number of fused-ring (bicyclic) bond motifs is 3. The quantitative estimate of drug-likeness (QED) is 0.131. The molecule has 0 spiro atoms. The topological polar surface area (TPSA) is 3.24 Å². The highest BCUT2D eigenvalue weighted by Crippen LogP contribution is 2.45. The lowest BCUT2D eigenvalue weighted by atomic mass is 9.85. The summed E-state index contributed by atoms with van der Waals surface area (Å²) in [5, 5.41) is 4.95. The summed E-state index contributed by atoms with van der Waals surface area (Å²) in [6, 6.07) is 74.0. The first kappa shape index (κ1) is 38.2. The van der Waals surface area contributed by atoms with Crippen LogP contribution in [0.3, 0.4) is 0 Å². The van der Waals surface area contributed by atoms with Crippen LogP contribution in [0.15, 0.2) is 249 Å². The molecule has 2 aliphatic carbocycles. The maximum atomic E-state index is 2.45. The van der Waals surface area contributed by atoms with E-state index < -0.39 is 0 Å². The van der Waals surface area contributed by atoms with Crippen molar-refractivity contribution >= 4 is 38.6 Å². The molecule has 0 aromatic heterocycles. The van der Waals surface area contributed by atoms with Gasteiger partial charge in [0.1, 0.15) is 0 Å². The number of rotatable bonds is 9. The molecule has 63 heavy (non-hydrogen) atoms. The van der Waals surface area contributed by atoms with Gasteiger partial charge in [-0.3, -0.25) is 0 Å². The third kappa shape index (κ3) is 7.53. The first-order chi connectivity index (χ1) is 31.2. The van der Waals surface area contributed by atoms with Gasteiger partial charge < -0.3 is 4.90 Å². The van der Waals surface area contributed by atoms with E-state index in [0.29, 0.717) is 11.8 Å². The van der Waals surface area contributed by atoms with Crippen LogP contribution in [-0.2, 0) is 0 Å². The van der Waals surface area contributed by atoms with Gasteiger partial charge >= 0.3 is 0 Å². The molecule has 9 aromatic carbocycles. The van der Waals surface area contributed by atoms with Gasteiger partial charge in [-0.05, 0) is 127 Å². The molecule has 0 radical (unpaired) electrons. The molecule has 2 aliphatic rings. The van der Waals surface area contributed by atoms with Gasteiger partial charge in [0.25, 0.3) is 0 Å². The maximum absolute atomic E-state index is 2.45. The normalized spacial score (nSPS) is 15.6. The maximum Gasteiger partial charge on any atom is 0.0546 e. The Morgan fingerprint density at radius 2 is 0.778 bits per heavy atom. The molecular weight excluding hydrogens is 759 g/mol. The second-order valence-corrected chi connectivity index (χ2v) is 16.7. The fourth-order valence-corrected chi connectivity index (χ4v) is 9.73. The van der Waals surface area contributed by atoms with Crippen LogP contribution in [0.25, 0.3) is 66.1 Å². The summed E-state index contributed by atoms with van der Waals surface area (Å²) in [5.74, 6) is 0.654. The molecule has 11 rings (SSSR count). The highest BCUT2D eigenvalue weighted by molar-refractivity contribution is 6.14. The molecule has 1 nitrogen and oxygen atoms in total. The number of benzene rings is 9. The Balaban J connectivity index is 1.05. The molecule has 0 saturated carbocycles. The van der Waals surface area contributed by atoms with E-state index in [1.807, 2.05) is 0 Å². The van der Waals surface area contributed by atoms with E-state index in [1.165, 1.54) is 77.2 Å². The van der Waals surface area contributed by atoms with E-state index in [4.69, 9.17) is 0 Å². The van der Waals surface area contributed by atoms with Crippen molar-refractivity contribution in [3.8, 4) is 44.5 Å². The summed E-state index contributed by atoms with van der Waals surface area (Å²) in [7, 11) is 0. The van der Waals surface area contributed by atoms with E-state index >= 15 is 0 Å². The second-order valence-electron chi connectivity index (χ2n) is 16.7. The summed E-state index contributed by atoms with van der Waals surface area (Å²) in [6.07, 6.45) is 19.9. The molecule has 2 atom stereocenters. The van der Waals surface area contributed by atoms with E-state index in [2.05, 4.69) is 254 Å². The van der Waals surface area contributed by atoms with Crippen molar-refractivity contribution in [2.24, 2.45) is 0 Å². The molecule has 0 amide bonds. The Kier molecular flexibility index (Phi) is 10.3. The summed E-state index contributed by atoms with van der Waals surface area (Å²) >= 11 is 0. The van der Waals surface area contributed by atoms with Gasteiger partial charge in [-0.15, -0.1) is 0 Å². The molecule has 0 fully saturated rings. The average Bonchev–Trinajstić information content (AvgIpc) is 3.37. The zero-order valence-electron chi connectivity index (χ0n) is 35.2. The van der Waals surface area contributed by atoms with Crippen molar-refractivity contribution in [3.63, 3.8) is 0 Å². The first-order valence-corrected chi connectivity index (χ1v) is 22.2. The number of nitrogens with zero attached hydrogens (tertiary/aromatic N) is 1. The predicted molar refractivity (Wildman–Crippen MR) is 269 cm³/mol. The van der Waals surface area contributed by atoms with Gasteiger partial charge in [-0.25, -0.2) is 0 Å². The monoisotopic (exact) mass is 805 g/mol. The molecule has 2 unspecified atom stereocenters. The lowest BCUT2D eigenvalue weighted by Gasteiger charge is -2.28. The molecule has 0 bridgehead atoms. The second kappa shape index (κ2) is 17.0. The Bertz CT molecular complexity index is 3040. The molecule has 0 aliphatic heterocycles. The van der Waals surface area contributed by atoms with Gasteiger partial charge in [0.05, 0.1) is 5.69 Å². The van der Waals surface area contributed by atoms with Crippen LogP contribution in [0, 0.1) is 0 Å². The summed E-state index contributed by atoms with van der Waals surface area (Å²) in [5.41, 5.74) is 16.0. The lowest BCUT2D eigenvalue weighted by molar-refractivity contribution is 0.856. The molecular formula is C62H47N. The lowest BCUT2D eigenvalue weighted by Crippen LogP contribution is -2.11. The van der Waals surface area contributed by atoms with Crippen LogP contribution in [0.5, 0.6) is 0 Å². The fraction of sp³-hybridized carbons (Fsp3) is 0.0645. The van der Waals surface area contributed by atoms with Gasteiger partial charge in [-0.2, -0.15) is 0 Å². The fourth-order valence-electron chi connectivity index (χ4n) is 9.73. The predicted octanol–water partition coefficient (Wildman–Crippen LogP) is 17.3. The molecule has 9 aromatic rings. The summed E-state index contributed by atoms with van der Waals surface area (Å²) in [6.45, 7) is 0. The van der Waals surface area contributed by atoms with Crippen LogP contribution < -0.4 is 4.90 Å². The highest BCUT2D eigenvalue weighted by atomic mass is 15.1. The summed E-state index contributed by atoms with van der Waals surface area (Å²) in [4.78, 5) is 2.45. The SMILES string of the molecule is C1=CCC(c2ccc(-c3ccccc3)cc2-c2ccc(N(c3ccc(-c4cc(-c5ccccc5)ccc4C4C=CC=CC4)cc3)c3cc4ccccc4c4ccccc34)cc2)C=C1. The zero-order chi connectivity index (χ0) is 42.0. The number of allylic oxidation sites excluding steroid dienone is 8. The first-order valence-electron chi connectivity index (χ1n) is 22.2. The van der Waals surface area contributed by atoms with Gasteiger partial charge in [-0.1, -0.05) is 206 Å². The molecule has 0 saturated heterocycles. The summed E-state index contributed by atoms with van der Waals surface area (Å²) < 4.78 is 0. The van der Waals surface area contributed by atoms with E-state index in [9.17, 15) is 0 Å². The molecule has 0 N–H and O–H groups in total.